The molecule has 1 aromatic rings. The SMILES string of the molecule is C=CCNC(=S)c1ccn[nH]1. The molecule has 0 saturated carbocycles. The number of aromatic amines is 1. The van der Waals surface area contributed by atoms with Gasteiger partial charge in [-0.1, -0.05) is 18.3 Å². The average Bonchev–Trinajstić information content (AvgIpc) is 2.52. The number of nitrogens with zero attached hydrogens (tertiary/aromatic N) is 1. The molecule has 1 heterocycles. The predicted molar refractivity (Wildman–Crippen MR) is 48.5 cm³/mol. The van der Waals surface area contributed by atoms with Gasteiger partial charge in [0.05, 0.1) is 5.69 Å². The van der Waals surface area contributed by atoms with E-state index < -0.39 is 0 Å². The van der Waals surface area contributed by atoms with Gasteiger partial charge in [-0.25, -0.2) is 0 Å². The van der Waals surface area contributed by atoms with E-state index in [1.54, 1.807) is 12.3 Å². The van der Waals surface area contributed by atoms with Gasteiger partial charge in [-0.3, -0.25) is 5.10 Å². The lowest BCUT2D eigenvalue weighted by atomic mass is 10.4. The Morgan fingerprint density at radius 3 is 3.27 bits per heavy atom. The maximum atomic E-state index is 5.01. The monoisotopic (exact) mass is 167 g/mol. The van der Waals surface area contributed by atoms with Gasteiger partial charge in [-0.05, 0) is 6.07 Å². The van der Waals surface area contributed by atoms with Crippen LogP contribution in [-0.2, 0) is 0 Å². The van der Waals surface area contributed by atoms with Crippen LogP contribution in [0.25, 0.3) is 0 Å². The molecule has 3 nitrogen and oxygen atoms in total. The van der Waals surface area contributed by atoms with Crippen molar-refractivity contribution in [3.8, 4) is 0 Å². The fourth-order valence-corrected chi connectivity index (χ4v) is 0.839. The molecule has 0 amide bonds. The highest BCUT2D eigenvalue weighted by Gasteiger charge is 1.98. The largest absolute Gasteiger partial charge is 0.371 e. The number of rotatable bonds is 3. The summed E-state index contributed by atoms with van der Waals surface area (Å²) in [5, 5.41) is 9.51. The number of hydrogen-bond acceptors (Lipinski definition) is 2. The Balaban J connectivity index is 2.49. The topological polar surface area (TPSA) is 40.7 Å². The minimum Gasteiger partial charge on any atom is -0.371 e. The van der Waals surface area contributed by atoms with Gasteiger partial charge in [-0.2, -0.15) is 5.10 Å². The number of hydrogen-bond donors (Lipinski definition) is 2. The van der Waals surface area contributed by atoms with E-state index in [2.05, 4.69) is 22.1 Å². The van der Waals surface area contributed by atoms with Crippen LogP contribution in [0.3, 0.4) is 0 Å². The first-order chi connectivity index (χ1) is 5.34. The molecule has 0 aliphatic heterocycles. The molecule has 0 fully saturated rings. The normalized spacial score (nSPS) is 9.09. The van der Waals surface area contributed by atoms with E-state index in [0.717, 1.165) is 5.69 Å². The minimum atomic E-state index is 0.669. The lowest BCUT2D eigenvalue weighted by molar-refractivity contribution is 1.03. The van der Waals surface area contributed by atoms with Crippen molar-refractivity contribution >= 4 is 17.2 Å². The van der Waals surface area contributed by atoms with E-state index in [4.69, 9.17) is 12.2 Å². The summed E-state index contributed by atoms with van der Waals surface area (Å²) in [6.45, 7) is 4.24. The predicted octanol–water partition coefficient (Wildman–Crippen LogP) is 0.861. The zero-order valence-corrected chi connectivity index (χ0v) is 6.82. The van der Waals surface area contributed by atoms with E-state index >= 15 is 0 Å². The van der Waals surface area contributed by atoms with Crippen LogP contribution in [0.15, 0.2) is 24.9 Å². The van der Waals surface area contributed by atoms with Gasteiger partial charge in [0, 0.05) is 12.7 Å². The third-order valence-electron chi connectivity index (χ3n) is 1.15. The second-order valence-electron chi connectivity index (χ2n) is 1.97. The van der Waals surface area contributed by atoms with Gasteiger partial charge >= 0.3 is 0 Å². The fraction of sp³-hybridized carbons (Fsp3) is 0.143. The molecule has 4 heteroatoms. The number of nitrogens with one attached hydrogen (secondary N) is 2. The number of aromatic nitrogens is 2. The van der Waals surface area contributed by atoms with E-state index in [9.17, 15) is 0 Å². The van der Waals surface area contributed by atoms with Crippen molar-refractivity contribution in [3.63, 3.8) is 0 Å². The molecule has 0 aromatic carbocycles. The molecule has 0 aliphatic carbocycles. The van der Waals surface area contributed by atoms with E-state index in [-0.39, 0.29) is 0 Å². The Hall–Kier alpha value is -1.16. The molecule has 0 saturated heterocycles. The van der Waals surface area contributed by atoms with Crippen LogP contribution in [0.4, 0.5) is 0 Å². The van der Waals surface area contributed by atoms with E-state index in [0.29, 0.717) is 11.5 Å². The van der Waals surface area contributed by atoms with Crippen LogP contribution in [0, 0.1) is 0 Å². The van der Waals surface area contributed by atoms with Crippen molar-refractivity contribution in [1.29, 1.82) is 0 Å². The molecule has 58 valence electrons. The first-order valence-electron chi connectivity index (χ1n) is 3.23. The Labute approximate surface area is 70.5 Å². The highest BCUT2D eigenvalue weighted by molar-refractivity contribution is 7.80. The molecule has 0 bridgehead atoms. The molecule has 1 aromatic heterocycles. The van der Waals surface area contributed by atoms with Gasteiger partial charge < -0.3 is 5.32 Å². The molecule has 0 radical (unpaired) electrons. The quantitative estimate of drug-likeness (QED) is 0.518. The summed E-state index contributed by atoms with van der Waals surface area (Å²) < 4.78 is 0. The van der Waals surface area contributed by atoms with Crippen molar-refractivity contribution in [2.75, 3.05) is 6.54 Å². The molecule has 0 spiro atoms. The van der Waals surface area contributed by atoms with Crippen LogP contribution >= 0.6 is 12.2 Å². The van der Waals surface area contributed by atoms with Crippen molar-refractivity contribution in [2.24, 2.45) is 0 Å². The number of thiocarbonyl (C=S) groups is 1. The van der Waals surface area contributed by atoms with Gasteiger partial charge in [0.2, 0.25) is 0 Å². The maximum Gasteiger partial charge on any atom is 0.124 e. The summed E-state index contributed by atoms with van der Waals surface area (Å²) in [5.74, 6) is 0. The molecular weight excluding hydrogens is 158 g/mol. The Morgan fingerprint density at radius 2 is 2.73 bits per heavy atom. The third kappa shape index (κ3) is 2.16. The maximum absolute atomic E-state index is 5.01. The molecule has 1 rings (SSSR count). The smallest absolute Gasteiger partial charge is 0.124 e. The van der Waals surface area contributed by atoms with Crippen molar-refractivity contribution in [2.45, 2.75) is 0 Å². The zero-order valence-electron chi connectivity index (χ0n) is 6.00. The van der Waals surface area contributed by atoms with Crippen LogP contribution < -0.4 is 5.32 Å². The van der Waals surface area contributed by atoms with E-state index in [1.807, 2.05) is 6.07 Å². The second kappa shape index (κ2) is 3.88. The standard InChI is InChI=1S/C7H9N3S/c1-2-4-8-7(11)6-3-5-9-10-6/h2-3,5H,1,4H2,(H,8,11)(H,9,10). The minimum absolute atomic E-state index is 0.669. The van der Waals surface area contributed by atoms with Gasteiger partial charge in [0.15, 0.2) is 0 Å². The molecule has 2 N–H and O–H groups in total. The molecular formula is C7H9N3S. The van der Waals surface area contributed by atoms with E-state index in [1.165, 1.54) is 0 Å². The fourth-order valence-electron chi connectivity index (χ4n) is 0.642. The van der Waals surface area contributed by atoms with Gasteiger partial charge in [0.25, 0.3) is 0 Å². The Morgan fingerprint density at radius 1 is 1.91 bits per heavy atom. The highest BCUT2D eigenvalue weighted by atomic mass is 32.1. The highest BCUT2D eigenvalue weighted by Crippen LogP contribution is 1.91. The molecule has 11 heavy (non-hydrogen) atoms. The van der Waals surface area contributed by atoms with Crippen molar-refractivity contribution in [3.05, 3.63) is 30.6 Å². The molecule has 0 atom stereocenters. The van der Waals surface area contributed by atoms with Crippen LogP contribution in [0.2, 0.25) is 0 Å². The first-order valence-corrected chi connectivity index (χ1v) is 3.64. The van der Waals surface area contributed by atoms with Crippen LogP contribution in [0.1, 0.15) is 5.69 Å². The zero-order chi connectivity index (χ0) is 8.10. The second-order valence-corrected chi connectivity index (χ2v) is 2.38. The van der Waals surface area contributed by atoms with Gasteiger partial charge in [0.1, 0.15) is 4.99 Å². The first kappa shape index (κ1) is 7.94. The summed E-state index contributed by atoms with van der Waals surface area (Å²) in [6.07, 6.45) is 3.42. The van der Waals surface area contributed by atoms with Gasteiger partial charge in [-0.15, -0.1) is 6.58 Å². The van der Waals surface area contributed by atoms with Crippen LogP contribution in [-0.4, -0.2) is 21.7 Å². The Kier molecular flexibility index (Phi) is 2.80. The van der Waals surface area contributed by atoms with Crippen LogP contribution in [0.5, 0.6) is 0 Å². The summed E-state index contributed by atoms with van der Waals surface area (Å²) >= 11 is 5.01. The Bertz CT molecular complexity index is 240. The summed E-state index contributed by atoms with van der Waals surface area (Å²) in [6, 6.07) is 1.82. The summed E-state index contributed by atoms with van der Waals surface area (Å²) in [4.78, 5) is 0.669. The van der Waals surface area contributed by atoms with Crippen molar-refractivity contribution in [1.82, 2.24) is 15.5 Å². The number of H-pyrrole nitrogens is 1. The molecule has 0 unspecified atom stereocenters. The van der Waals surface area contributed by atoms with Crippen molar-refractivity contribution < 1.29 is 0 Å². The third-order valence-corrected chi connectivity index (χ3v) is 1.52. The molecule has 0 aliphatic rings. The lowest BCUT2D eigenvalue weighted by Crippen LogP contribution is -2.22. The average molecular weight is 167 g/mol. The summed E-state index contributed by atoms with van der Waals surface area (Å²) in [5.41, 5.74) is 0.835. The summed E-state index contributed by atoms with van der Waals surface area (Å²) in [7, 11) is 0. The lowest BCUT2D eigenvalue weighted by Gasteiger charge is -2.00.